The maximum Gasteiger partial charge on any atom is 0.307 e. The Kier molecular flexibility index (Phi) is 5.99. The van der Waals surface area contributed by atoms with Gasteiger partial charge in [0.2, 0.25) is 5.91 Å². The molecule has 0 spiro atoms. The monoisotopic (exact) mass is 303 g/mol. The van der Waals surface area contributed by atoms with Crippen LogP contribution in [-0.2, 0) is 14.3 Å². The number of benzene rings is 1. The van der Waals surface area contributed by atoms with E-state index in [4.69, 9.17) is 4.74 Å². The van der Waals surface area contributed by atoms with E-state index in [1.807, 2.05) is 6.07 Å². The molecular formula is C18H25NO3. The molecule has 1 amide bonds. The van der Waals surface area contributed by atoms with E-state index in [0.29, 0.717) is 11.8 Å². The van der Waals surface area contributed by atoms with Crippen LogP contribution in [0, 0.1) is 5.92 Å². The summed E-state index contributed by atoms with van der Waals surface area (Å²) in [5, 5.41) is 2.93. The Bertz CT molecular complexity index is 492. The first-order valence-electron chi connectivity index (χ1n) is 7.99. The minimum Gasteiger partial charge on any atom is -0.469 e. The molecule has 1 fully saturated rings. The Morgan fingerprint density at radius 2 is 1.82 bits per heavy atom. The lowest BCUT2D eigenvalue weighted by Gasteiger charge is -2.34. The number of rotatable bonds is 5. The molecule has 1 aromatic rings. The summed E-state index contributed by atoms with van der Waals surface area (Å²) < 4.78 is 4.75. The van der Waals surface area contributed by atoms with Crippen LogP contribution < -0.4 is 5.32 Å². The molecule has 1 unspecified atom stereocenters. The highest BCUT2D eigenvalue weighted by atomic mass is 16.5. The van der Waals surface area contributed by atoms with Crippen molar-refractivity contribution in [1.82, 2.24) is 5.32 Å². The third-order valence-electron chi connectivity index (χ3n) is 4.61. The van der Waals surface area contributed by atoms with E-state index in [2.05, 4.69) is 29.6 Å². The highest BCUT2D eigenvalue weighted by Crippen LogP contribution is 2.37. The minimum atomic E-state index is -0.260. The van der Waals surface area contributed by atoms with Crippen molar-refractivity contribution >= 4 is 11.9 Å². The lowest BCUT2D eigenvalue weighted by atomic mass is 9.75. The second-order valence-electron chi connectivity index (χ2n) is 6.11. The fourth-order valence-electron chi connectivity index (χ4n) is 3.44. The van der Waals surface area contributed by atoms with Gasteiger partial charge in [-0.15, -0.1) is 0 Å². The van der Waals surface area contributed by atoms with E-state index in [-0.39, 0.29) is 24.3 Å². The average molecular weight is 303 g/mol. The zero-order valence-corrected chi connectivity index (χ0v) is 13.4. The molecule has 120 valence electrons. The van der Waals surface area contributed by atoms with Crippen molar-refractivity contribution in [1.29, 1.82) is 0 Å². The van der Waals surface area contributed by atoms with Crippen molar-refractivity contribution in [2.24, 2.45) is 5.92 Å². The Hall–Kier alpha value is -1.84. The summed E-state index contributed by atoms with van der Waals surface area (Å²) in [6, 6.07) is 10.5. The smallest absolute Gasteiger partial charge is 0.307 e. The molecule has 1 aliphatic carbocycles. The molecule has 0 aliphatic heterocycles. The van der Waals surface area contributed by atoms with Crippen LogP contribution in [0.3, 0.4) is 0 Å². The summed E-state index contributed by atoms with van der Waals surface area (Å²) >= 11 is 0. The maximum atomic E-state index is 11.6. The highest BCUT2D eigenvalue weighted by Gasteiger charge is 2.30. The molecule has 4 nitrogen and oxygen atoms in total. The molecule has 1 aliphatic rings. The number of ether oxygens (including phenoxy) is 1. The Morgan fingerprint density at radius 3 is 2.36 bits per heavy atom. The molecule has 0 aromatic heterocycles. The molecule has 0 bridgehead atoms. The van der Waals surface area contributed by atoms with Crippen LogP contribution >= 0.6 is 0 Å². The SMILES string of the molecule is COC(=O)CC(NC(C)=O)C1CCC(c2ccccc2)CC1. The van der Waals surface area contributed by atoms with Crippen LogP contribution in [0.1, 0.15) is 50.5 Å². The van der Waals surface area contributed by atoms with Crippen LogP contribution in [0.25, 0.3) is 0 Å². The number of nitrogens with one attached hydrogen (secondary N) is 1. The number of carbonyl (C=O) groups is 2. The molecule has 2 rings (SSSR count). The van der Waals surface area contributed by atoms with Crippen molar-refractivity contribution in [3.8, 4) is 0 Å². The van der Waals surface area contributed by atoms with Crippen molar-refractivity contribution in [2.45, 2.75) is 51.0 Å². The van der Waals surface area contributed by atoms with Gasteiger partial charge in [-0.1, -0.05) is 30.3 Å². The summed E-state index contributed by atoms with van der Waals surface area (Å²) in [5.74, 6) is 0.597. The zero-order valence-electron chi connectivity index (χ0n) is 13.4. The number of carbonyl (C=O) groups excluding carboxylic acids is 2. The molecule has 1 aromatic carbocycles. The van der Waals surface area contributed by atoms with Gasteiger partial charge >= 0.3 is 5.97 Å². The van der Waals surface area contributed by atoms with Crippen molar-refractivity contribution in [2.75, 3.05) is 7.11 Å². The van der Waals surface area contributed by atoms with Crippen LogP contribution in [0.4, 0.5) is 0 Å². The molecule has 1 saturated carbocycles. The molecular weight excluding hydrogens is 278 g/mol. The van der Waals surface area contributed by atoms with Gasteiger partial charge in [-0.2, -0.15) is 0 Å². The first kappa shape index (κ1) is 16.5. The lowest BCUT2D eigenvalue weighted by Crippen LogP contribution is -2.42. The van der Waals surface area contributed by atoms with Gasteiger partial charge in [-0.05, 0) is 43.1 Å². The molecule has 1 atom stereocenters. The first-order valence-corrected chi connectivity index (χ1v) is 7.99. The number of methoxy groups -OCH3 is 1. The summed E-state index contributed by atoms with van der Waals surface area (Å²) in [5.41, 5.74) is 1.39. The Morgan fingerprint density at radius 1 is 1.18 bits per heavy atom. The van der Waals surface area contributed by atoms with Gasteiger partial charge < -0.3 is 10.1 Å². The van der Waals surface area contributed by atoms with Gasteiger partial charge in [0.25, 0.3) is 0 Å². The zero-order chi connectivity index (χ0) is 15.9. The lowest BCUT2D eigenvalue weighted by molar-refractivity contribution is -0.141. The normalized spacial score (nSPS) is 22.6. The summed E-state index contributed by atoms with van der Waals surface area (Å²) in [7, 11) is 1.39. The van der Waals surface area contributed by atoms with E-state index in [0.717, 1.165) is 25.7 Å². The van der Waals surface area contributed by atoms with Gasteiger partial charge in [0.05, 0.1) is 13.5 Å². The molecule has 4 heteroatoms. The Labute approximate surface area is 132 Å². The maximum absolute atomic E-state index is 11.6. The largest absolute Gasteiger partial charge is 0.469 e. The quantitative estimate of drug-likeness (QED) is 0.851. The van der Waals surface area contributed by atoms with Crippen molar-refractivity contribution in [3.05, 3.63) is 35.9 Å². The Balaban J connectivity index is 1.94. The molecule has 1 N–H and O–H groups in total. The van der Waals surface area contributed by atoms with Crippen molar-refractivity contribution in [3.63, 3.8) is 0 Å². The van der Waals surface area contributed by atoms with E-state index in [1.54, 1.807) is 0 Å². The van der Waals surface area contributed by atoms with Crippen LogP contribution in [0.2, 0.25) is 0 Å². The summed E-state index contributed by atoms with van der Waals surface area (Å²) in [4.78, 5) is 22.9. The molecule has 0 saturated heterocycles. The van der Waals surface area contributed by atoms with Gasteiger partial charge in [0.1, 0.15) is 0 Å². The second-order valence-corrected chi connectivity index (χ2v) is 6.11. The van der Waals surface area contributed by atoms with Crippen LogP contribution in [-0.4, -0.2) is 25.0 Å². The molecule has 22 heavy (non-hydrogen) atoms. The number of amides is 1. The van der Waals surface area contributed by atoms with E-state index in [9.17, 15) is 9.59 Å². The predicted octanol–water partition coefficient (Wildman–Crippen LogP) is 3.03. The van der Waals surface area contributed by atoms with E-state index < -0.39 is 0 Å². The topological polar surface area (TPSA) is 55.4 Å². The van der Waals surface area contributed by atoms with Gasteiger partial charge in [0, 0.05) is 13.0 Å². The third kappa shape index (κ3) is 4.58. The van der Waals surface area contributed by atoms with E-state index >= 15 is 0 Å². The van der Waals surface area contributed by atoms with Gasteiger partial charge in [-0.25, -0.2) is 0 Å². The van der Waals surface area contributed by atoms with Gasteiger partial charge in [0.15, 0.2) is 0 Å². The first-order chi connectivity index (χ1) is 10.6. The fourth-order valence-corrected chi connectivity index (χ4v) is 3.44. The molecule has 0 heterocycles. The summed E-state index contributed by atoms with van der Waals surface area (Å²) in [6.07, 6.45) is 4.53. The standard InChI is InChI=1S/C18H25NO3/c1-13(20)19-17(12-18(21)22-2)16-10-8-15(9-11-16)14-6-4-3-5-7-14/h3-7,15-17H,8-12H2,1-2H3,(H,19,20). The minimum absolute atomic E-state index is 0.0842. The number of esters is 1. The number of hydrogen-bond acceptors (Lipinski definition) is 3. The third-order valence-corrected chi connectivity index (χ3v) is 4.61. The van der Waals surface area contributed by atoms with Gasteiger partial charge in [-0.3, -0.25) is 9.59 Å². The summed E-state index contributed by atoms with van der Waals surface area (Å²) in [6.45, 7) is 1.50. The fraction of sp³-hybridized carbons (Fsp3) is 0.556. The predicted molar refractivity (Wildman–Crippen MR) is 85.4 cm³/mol. The molecule has 0 radical (unpaired) electrons. The highest BCUT2D eigenvalue weighted by molar-refractivity contribution is 5.75. The van der Waals surface area contributed by atoms with Crippen LogP contribution in [0.5, 0.6) is 0 Å². The van der Waals surface area contributed by atoms with Crippen molar-refractivity contribution < 1.29 is 14.3 Å². The number of hydrogen-bond donors (Lipinski definition) is 1. The van der Waals surface area contributed by atoms with E-state index in [1.165, 1.54) is 19.6 Å². The average Bonchev–Trinajstić information content (AvgIpc) is 2.54. The van der Waals surface area contributed by atoms with Crippen LogP contribution in [0.15, 0.2) is 30.3 Å². The second kappa shape index (κ2) is 7.97.